The third kappa shape index (κ3) is 37.1. The molecule has 0 amide bonds. The van der Waals surface area contributed by atoms with E-state index in [1.807, 2.05) is 0 Å². The van der Waals surface area contributed by atoms with Crippen LogP contribution in [0.5, 0.6) is 0 Å². The van der Waals surface area contributed by atoms with Crippen LogP contribution in [-0.4, -0.2) is 142 Å². The number of unbranched alkanes of at least 4 members (excludes halogenated alkanes) is 22. The number of rotatable bonds is 50. The Kier molecular flexibility index (Phi) is 46.5. The Bertz CT molecular complexity index is 1630. The average molecular weight is 1120 g/mol. The van der Waals surface area contributed by atoms with E-state index in [4.69, 9.17) is 28.4 Å². The van der Waals surface area contributed by atoms with Crippen LogP contribution < -0.4 is 0 Å². The molecule has 2 aliphatic heterocycles. The lowest BCUT2D eigenvalue weighted by molar-refractivity contribution is -0.332. The first-order valence-electron chi connectivity index (χ1n) is 31.2. The molecule has 2 heterocycles. The van der Waals surface area contributed by atoms with E-state index >= 15 is 0 Å². The molecular weight excluding hydrogens is 1000 g/mol. The van der Waals surface area contributed by atoms with E-state index in [9.17, 15) is 40.5 Å². The van der Waals surface area contributed by atoms with Crippen LogP contribution in [0, 0.1) is 0 Å². The van der Waals surface area contributed by atoms with Gasteiger partial charge in [-0.25, -0.2) is 0 Å². The van der Waals surface area contributed by atoms with Crippen molar-refractivity contribution in [1.82, 2.24) is 0 Å². The lowest BCUT2D eigenvalue weighted by Crippen LogP contribution is -2.61. The summed E-state index contributed by atoms with van der Waals surface area (Å²) >= 11 is 0. The first kappa shape index (κ1) is 72.3. The maximum Gasteiger partial charge on any atom is 0.306 e. The van der Waals surface area contributed by atoms with Crippen molar-refractivity contribution in [2.45, 2.75) is 287 Å². The van der Waals surface area contributed by atoms with Gasteiger partial charge in [0.05, 0.1) is 26.4 Å². The van der Waals surface area contributed by atoms with Crippen molar-refractivity contribution in [1.29, 1.82) is 0 Å². The van der Waals surface area contributed by atoms with Gasteiger partial charge >= 0.3 is 5.97 Å². The number of aliphatic hydroxyl groups excluding tert-OH is 7. The summed E-state index contributed by atoms with van der Waals surface area (Å²) < 4.78 is 34.5. The molecule has 79 heavy (non-hydrogen) atoms. The van der Waals surface area contributed by atoms with Gasteiger partial charge in [-0.2, -0.15) is 0 Å². The fourth-order valence-electron chi connectivity index (χ4n) is 9.40. The van der Waals surface area contributed by atoms with Crippen molar-refractivity contribution in [2.24, 2.45) is 0 Å². The second kappa shape index (κ2) is 50.9. The minimum absolute atomic E-state index is 0.0529. The first-order chi connectivity index (χ1) is 38.6. The van der Waals surface area contributed by atoms with E-state index in [0.29, 0.717) is 13.0 Å². The molecule has 14 heteroatoms. The monoisotopic (exact) mass is 1120 g/mol. The highest BCUT2D eigenvalue weighted by Crippen LogP contribution is 2.27. The van der Waals surface area contributed by atoms with Crippen LogP contribution >= 0.6 is 0 Å². The van der Waals surface area contributed by atoms with Crippen LogP contribution in [-0.2, 0) is 33.2 Å². The van der Waals surface area contributed by atoms with Crippen molar-refractivity contribution in [3.63, 3.8) is 0 Å². The third-order valence-electron chi connectivity index (χ3n) is 14.4. The van der Waals surface area contributed by atoms with E-state index in [0.717, 1.165) is 89.9 Å². The first-order valence-corrected chi connectivity index (χ1v) is 31.2. The molecule has 11 atom stereocenters. The topological polar surface area (TPSA) is 214 Å². The summed E-state index contributed by atoms with van der Waals surface area (Å²) in [5, 5.41) is 72.5. The molecule has 2 aliphatic rings. The Morgan fingerprint density at radius 2 is 0.823 bits per heavy atom. The fourth-order valence-corrected chi connectivity index (χ4v) is 9.40. The minimum Gasteiger partial charge on any atom is -0.457 e. The summed E-state index contributed by atoms with van der Waals surface area (Å²) in [5.74, 6) is -0.383. The molecular formula is C65H112O14. The Labute approximate surface area is 478 Å². The Balaban J connectivity index is 1.68. The molecule has 0 aromatic rings. The number of carbonyl (C=O) groups excluding carboxylic acids is 1. The highest BCUT2D eigenvalue weighted by molar-refractivity contribution is 5.69. The van der Waals surface area contributed by atoms with Gasteiger partial charge in [0.15, 0.2) is 12.6 Å². The molecule has 2 rings (SSSR count). The van der Waals surface area contributed by atoms with Gasteiger partial charge in [-0.3, -0.25) is 4.79 Å². The number of hydrogen-bond donors (Lipinski definition) is 7. The van der Waals surface area contributed by atoms with Crippen molar-refractivity contribution in [2.75, 3.05) is 33.0 Å². The molecule has 0 aliphatic carbocycles. The van der Waals surface area contributed by atoms with Crippen LogP contribution in [0.2, 0.25) is 0 Å². The van der Waals surface area contributed by atoms with Gasteiger partial charge in [-0.15, -0.1) is 0 Å². The quantitative estimate of drug-likeness (QED) is 0.0172. The summed E-state index contributed by atoms with van der Waals surface area (Å²) in [6.07, 6.45) is 50.6. The lowest BCUT2D eigenvalue weighted by atomic mass is 9.98. The molecule has 0 aromatic carbocycles. The van der Waals surface area contributed by atoms with E-state index in [-0.39, 0.29) is 25.6 Å². The van der Waals surface area contributed by atoms with Crippen molar-refractivity contribution < 1.29 is 69.0 Å². The predicted molar refractivity (Wildman–Crippen MR) is 316 cm³/mol. The second-order valence-corrected chi connectivity index (χ2v) is 21.5. The molecule has 2 saturated heterocycles. The Morgan fingerprint density at radius 1 is 0.430 bits per heavy atom. The summed E-state index contributed by atoms with van der Waals surface area (Å²) in [7, 11) is 0. The molecule has 0 radical (unpaired) electrons. The largest absolute Gasteiger partial charge is 0.457 e. The van der Waals surface area contributed by atoms with Gasteiger partial charge in [-0.05, 0) is 89.9 Å². The van der Waals surface area contributed by atoms with Gasteiger partial charge in [0.25, 0.3) is 0 Å². The molecule has 14 nitrogen and oxygen atoms in total. The van der Waals surface area contributed by atoms with Gasteiger partial charge in [0, 0.05) is 13.0 Å². The maximum atomic E-state index is 13.1. The number of allylic oxidation sites excluding steroid dienone is 14. The number of aliphatic hydroxyl groups is 7. The fraction of sp³-hybridized carbons (Fsp3) is 0.769. The molecule has 2 fully saturated rings. The number of ether oxygens (including phenoxy) is 6. The normalized spacial score (nSPS) is 24.6. The molecule has 0 aromatic heterocycles. The molecule has 0 bridgehead atoms. The highest BCUT2D eigenvalue weighted by atomic mass is 16.7. The van der Waals surface area contributed by atoms with Gasteiger partial charge in [0.1, 0.15) is 54.9 Å². The number of carbonyl (C=O) groups is 1. The van der Waals surface area contributed by atoms with E-state index in [2.05, 4.69) is 98.9 Å². The number of esters is 1. The van der Waals surface area contributed by atoms with Crippen LogP contribution in [0.4, 0.5) is 0 Å². The standard InChI is InChI=1S/C65H112O14/c1-3-5-7-9-11-13-15-17-19-21-23-24-25-26-27-28-29-31-33-35-37-39-41-43-45-47-49-74-51-54(77-57(67)48-46-44-42-40-38-36-34-32-30-22-20-18-16-14-12-10-8-6-4-2)52-75-64-63(73)61(71)59(69)56(79-64)53-76-65-62(72)60(70)58(68)55(50-66)78-65/h5,7,11-14,17-20,23-24,26-27,54-56,58-66,68-73H,3-4,6,8-10,15-16,21-22,25,28-53H2,1-2H3/b7-5-,13-11-,14-12-,19-17-,20-18-,24-23-,27-26-. The molecule has 7 N–H and O–H groups in total. The summed E-state index contributed by atoms with van der Waals surface area (Å²) in [6.45, 7) is 3.54. The van der Waals surface area contributed by atoms with E-state index in [1.165, 1.54) is 103 Å². The van der Waals surface area contributed by atoms with E-state index < -0.39 is 80.7 Å². The van der Waals surface area contributed by atoms with Gasteiger partial charge in [-0.1, -0.05) is 208 Å². The average Bonchev–Trinajstić information content (AvgIpc) is 3.46. The van der Waals surface area contributed by atoms with E-state index in [1.54, 1.807) is 0 Å². The van der Waals surface area contributed by atoms with Crippen LogP contribution in [0.25, 0.3) is 0 Å². The SMILES string of the molecule is CC/C=C\C/C=C\C/C=C\C/C=C\C/C=C\CCCCCCCCCCCCOCC(COC1OC(COC2OC(CO)C(O)C(O)C2O)C(O)C(O)C1O)OC(=O)CCCCCCCCCCC/C=C\C/C=C\CCCCC. The second-order valence-electron chi connectivity index (χ2n) is 21.5. The van der Waals surface area contributed by atoms with Crippen LogP contribution in [0.3, 0.4) is 0 Å². The molecule has 11 unspecified atom stereocenters. The lowest BCUT2D eigenvalue weighted by Gasteiger charge is -2.42. The van der Waals surface area contributed by atoms with Crippen molar-refractivity contribution in [3.05, 3.63) is 85.1 Å². The van der Waals surface area contributed by atoms with Crippen molar-refractivity contribution >= 4 is 5.97 Å². The molecule has 0 saturated carbocycles. The highest BCUT2D eigenvalue weighted by Gasteiger charge is 2.47. The zero-order chi connectivity index (χ0) is 57.2. The zero-order valence-electron chi connectivity index (χ0n) is 49.1. The van der Waals surface area contributed by atoms with Crippen LogP contribution in [0.15, 0.2) is 85.1 Å². The summed E-state index contributed by atoms with van der Waals surface area (Å²) in [4.78, 5) is 13.1. The Morgan fingerprint density at radius 3 is 1.29 bits per heavy atom. The maximum absolute atomic E-state index is 13.1. The summed E-state index contributed by atoms with van der Waals surface area (Å²) in [5.41, 5.74) is 0. The Hall–Kier alpha value is -2.83. The third-order valence-corrected chi connectivity index (χ3v) is 14.4. The van der Waals surface area contributed by atoms with Gasteiger partial charge < -0.3 is 64.2 Å². The van der Waals surface area contributed by atoms with Gasteiger partial charge in [0.2, 0.25) is 0 Å². The summed E-state index contributed by atoms with van der Waals surface area (Å²) in [6, 6.07) is 0. The number of hydrogen-bond acceptors (Lipinski definition) is 14. The smallest absolute Gasteiger partial charge is 0.306 e. The predicted octanol–water partition coefficient (Wildman–Crippen LogP) is 12.0. The molecule has 456 valence electrons. The van der Waals surface area contributed by atoms with Crippen molar-refractivity contribution in [3.8, 4) is 0 Å². The minimum atomic E-state index is -1.71. The zero-order valence-corrected chi connectivity index (χ0v) is 49.1. The molecule has 0 spiro atoms. The van der Waals surface area contributed by atoms with Crippen LogP contribution in [0.1, 0.15) is 219 Å².